The van der Waals surface area contributed by atoms with Gasteiger partial charge in [-0.3, -0.25) is 25.1 Å². The summed E-state index contributed by atoms with van der Waals surface area (Å²) in [5.41, 5.74) is 3.29. The van der Waals surface area contributed by atoms with E-state index in [0.717, 1.165) is 11.1 Å². The molecule has 0 saturated carbocycles. The highest BCUT2D eigenvalue weighted by atomic mass is 79.9. The van der Waals surface area contributed by atoms with Crippen LogP contribution in [0.1, 0.15) is 32.6 Å². The van der Waals surface area contributed by atoms with Gasteiger partial charge in [0.1, 0.15) is 5.76 Å². The number of anilines is 1. The lowest BCUT2D eigenvalue weighted by Crippen LogP contribution is -2.52. The van der Waals surface area contributed by atoms with E-state index in [1.165, 1.54) is 24.5 Å². The number of benzene rings is 2. The van der Waals surface area contributed by atoms with Crippen LogP contribution >= 0.6 is 15.9 Å². The summed E-state index contributed by atoms with van der Waals surface area (Å²) >= 11 is 3.33. The van der Waals surface area contributed by atoms with Gasteiger partial charge in [0.2, 0.25) is 0 Å². The number of furan rings is 1. The predicted molar refractivity (Wildman–Crippen MR) is 106 cm³/mol. The molecule has 3 aromatic rings. The van der Waals surface area contributed by atoms with Gasteiger partial charge in [0.15, 0.2) is 6.17 Å². The molecule has 0 radical (unpaired) electrons. The van der Waals surface area contributed by atoms with Gasteiger partial charge < -0.3 is 9.73 Å². The molecule has 1 unspecified atom stereocenters. The van der Waals surface area contributed by atoms with Crippen molar-refractivity contribution < 1.29 is 18.9 Å². The Morgan fingerprint density at radius 1 is 1.21 bits per heavy atom. The molecule has 1 aliphatic rings. The molecule has 4 rings (SSSR count). The van der Waals surface area contributed by atoms with E-state index in [0.29, 0.717) is 21.5 Å². The Hall–Kier alpha value is -3.66. The molecule has 0 saturated heterocycles. The lowest BCUT2D eigenvalue weighted by Gasteiger charge is -2.36. The van der Waals surface area contributed by atoms with Crippen molar-refractivity contribution in [3.05, 3.63) is 92.3 Å². The van der Waals surface area contributed by atoms with Gasteiger partial charge in [0, 0.05) is 27.9 Å². The summed E-state index contributed by atoms with van der Waals surface area (Å²) in [6, 6.07) is 13.8. The van der Waals surface area contributed by atoms with Gasteiger partial charge in [-0.1, -0.05) is 22.0 Å². The van der Waals surface area contributed by atoms with Gasteiger partial charge in [-0.05, 0) is 36.4 Å². The van der Waals surface area contributed by atoms with Gasteiger partial charge in [0.25, 0.3) is 17.5 Å². The molecule has 0 fully saturated rings. The summed E-state index contributed by atoms with van der Waals surface area (Å²) in [5, 5.41) is 15.2. The molecule has 0 bridgehead atoms. The number of amides is 2. The van der Waals surface area contributed by atoms with Crippen molar-refractivity contribution in [1.82, 2.24) is 10.4 Å². The molecular weight excluding hydrogens is 444 g/mol. The Bertz CT molecular complexity index is 1120. The van der Waals surface area contributed by atoms with Crippen molar-refractivity contribution in [2.45, 2.75) is 6.17 Å². The van der Waals surface area contributed by atoms with E-state index < -0.39 is 22.9 Å². The van der Waals surface area contributed by atoms with Gasteiger partial charge in [-0.15, -0.1) is 0 Å². The zero-order chi connectivity index (χ0) is 20.5. The van der Waals surface area contributed by atoms with Crippen LogP contribution in [0.15, 0.2) is 69.8 Å². The largest absolute Gasteiger partial charge is 0.465 e. The van der Waals surface area contributed by atoms with Gasteiger partial charge in [-0.25, -0.2) is 5.01 Å². The highest BCUT2D eigenvalue weighted by Gasteiger charge is 2.36. The minimum Gasteiger partial charge on any atom is -0.465 e. The smallest absolute Gasteiger partial charge is 0.276 e. The third-order valence-corrected chi connectivity index (χ3v) is 4.83. The summed E-state index contributed by atoms with van der Waals surface area (Å²) < 4.78 is 6.12. The minimum atomic E-state index is -0.797. The van der Waals surface area contributed by atoms with Crippen LogP contribution in [0.25, 0.3) is 0 Å². The number of hydrogen-bond acceptors (Lipinski definition) is 6. The first-order valence-electron chi connectivity index (χ1n) is 8.42. The van der Waals surface area contributed by atoms with E-state index in [1.807, 2.05) is 0 Å². The second-order valence-electron chi connectivity index (χ2n) is 6.18. The SMILES string of the molecule is O=C(NN1C(=O)c2cc(Br)ccc2NC1c1ccco1)c1cccc([N+](=O)[O-])c1. The Kier molecular flexibility index (Phi) is 4.77. The maximum atomic E-state index is 13.1. The first-order chi connectivity index (χ1) is 13.9. The second-order valence-corrected chi connectivity index (χ2v) is 7.09. The number of fused-ring (bicyclic) bond motifs is 1. The Labute approximate surface area is 172 Å². The molecule has 1 aliphatic heterocycles. The number of nitro groups is 1. The van der Waals surface area contributed by atoms with Crippen LogP contribution in [0.2, 0.25) is 0 Å². The second kappa shape index (κ2) is 7.40. The van der Waals surface area contributed by atoms with E-state index >= 15 is 0 Å². The van der Waals surface area contributed by atoms with Crippen LogP contribution in [-0.2, 0) is 0 Å². The normalized spacial score (nSPS) is 15.4. The summed E-state index contributed by atoms with van der Waals surface area (Å²) in [5.74, 6) is -0.717. The number of non-ortho nitro benzene ring substituents is 1. The summed E-state index contributed by atoms with van der Waals surface area (Å²) in [6.07, 6.45) is 0.660. The first-order valence-corrected chi connectivity index (χ1v) is 9.22. The average molecular weight is 457 g/mol. The highest BCUT2D eigenvalue weighted by Crippen LogP contribution is 2.33. The average Bonchev–Trinajstić information content (AvgIpc) is 3.25. The standard InChI is InChI=1S/C19H13BrN4O5/c20-12-6-7-15-14(10-12)19(26)23(17(21-15)16-5-2-8-29-16)22-18(25)11-3-1-4-13(9-11)24(27)28/h1-10,17,21H,(H,22,25). The van der Waals surface area contributed by atoms with Crippen molar-refractivity contribution >= 4 is 39.1 Å². The molecule has 1 aromatic heterocycles. The molecule has 2 amide bonds. The molecule has 1 atom stereocenters. The van der Waals surface area contributed by atoms with E-state index in [4.69, 9.17) is 4.42 Å². The molecule has 2 heterocycles. The molecule has 10 heteroatoms. The molecule has 0 spiro atoms. The number of rotatable bonds is 4. The minimum absolute atomic E-state index is 0.0465. The quantitative estimate of drug-likeness (QED) is 0.454. The third-order valence-electron chi connectivity index (χ3n) is 4.34. The zero-order valence-corrected chi connectivity index (χ0v) is 16.3. The number of nitrogens with one attached hydrogen (secondary N) is 2. The van der Waals surface area contributed by atoms with Crippen LogP contribution in [0.3, 0.4) is 0 Å². The van der Waals surface area contributed by atoms with Crippen molar-refractivity contribution in [2.75, 3.05) is 5.32 Å². The van der Waals surface area contributed by atoms with Crippen molar-refractivity contribution in [3.63, 3.8) is 0 Å². The third kappa shape index (κ3) is 3.57. The predicted octanol–water partition coefficient (Wildman–Crippen LogP) is 3.86. The molecule has 146 valence electrons. The van der Waals surface area contributed by atoms with Crippen LogP contribution in [0.5, 0.6) is 0 Å². The van der Waals surface area contributed by atoms with Gasteiger partial charge >= 0.3 is 0 Å². The van der Waals surface area contributed by atoms with Crippen molar-refractivity contribution in [2.24, 2.45) is 0 Å². The summed E-state index contributed by atoms with van der Waals surface area (Å²) in [6.45, 7) is 0. The van der Waals surface area contributed by atoms with Gasteiger partial charge in [0.05, 0.1) is 16.7 Å². The topological polar surface area (TPSA) is 118 Å². The Morgan fingerprint density at radius 3 is 2.76 bits per heavy atom. The Balaban J connectivity index is 1.69. The molecule has 2 N–H and O–H groups in total. The fraction of sp³-hybridized carbons (Fsp3) is 0.0526. The van der Waals surface area contributed by atoms with Crippen molar-refractivity contribution in [1.29, 1.82) is 0 Å². The molecule has 2 aromatic carbocycles. The lowest BCUT2D eigenvalue weighted by molar-refractivity contribution is -0.384. The van der Waals surface area contributed by atoms with E-state index in [-0.39, 0.29) is 11.3 Å². The van der Waals surface area contributed by atoms with Crippen LogP contribution in [0, 0.1) is 10.1 Å². The summed E-state index contributed by atoms with van der Waals surface area (Å²) in [7, 11) is 0. The number of hydrogen-bond donors (Lipinski definition) is 2. The Morgan fingerprint density at radius 2 is 2.03 bits per heavy atom. The van der Waals surface area contributed by atoms with Crippen LogP contribution in [-0.4, -0.2) is 21.7 Å². The number of nitrogens with zero attached hydrogens (tertiary/aromatic N) is 2. The van der Waals surface area contributed by atoms with Crippen LogP contribution < -0.4 is 10.7 Å². The molecular formula is C19H13BrN4O5. The number of hydrazine groups is 1. The molecule has 0 aliphatic carbocycles. The number of halogens is 1. The fourth-order valence-electron chi connectivity index (χ4n) is 2.97. The zero-order valence-electron chi connectivity index (χ0n) is 14.7. The maximum absolute atomic E-state index is 13.1. The number of carbonyl (C=O) groups excluding carboxylic acids is 2. The van der Waals surface area contributed by atoms with Crippen LogP contribution in [0.4, 0.5) is 11.4 Å². The number of nitro benzene ring substituents is 1. The monoisotopic (exact) mass is 456 g/mol. The lowest BCUT2D eigenvalue weighted by atomic mass is 10.1. The van der Waals surface area contributed by atoms with E-state index in [2.05, 4.69) is 26.7 Å². The fourth-order valence-corrected chi connectivity index (χ4v) is 3.33. The number of carbonyl (C=O) groups is 2. The van der Waals surface area contributed by atoms with E-state index in [9.17, 15) is 19.7 Å². The molecule has 9 nitrogen and oxygen atoms in total. The first kappa shape index (κ1) is 18.7. The van der Waals surface area contributed by atoms with Gasteiger partial charge in [-0.2, -0.15) is 0 Å². The highest BCUT2D eigenvalue weighted by molar-refractivity contribution is 9.10. The van der Waals surface area contributed by atoms with E-state index in [1.54, 1.807) is 30.3 Å². The maximum Gasteiger partial charge on any atom is 0.276 e. The summed E-state index contributed by atoms with van der Waals surface area (Å²) in [4.78, 5) is 36.2. The van der Waals surface area contributed by atoms with Crippen molar-refractivity contribution in [3.8, 4) is 0 Å². The molecule has 29 heavy (non-hydrogen) atoms.